The standard InChI is InChI=1S/C12H19BrN4O/c1-15(2)9-12(18)16-5-3-11(4-6-16)17-8-10(13)7-14-17/h7-8,11H,3-6,9H2,1-2H3. The van der Waals surface area contributed by atoms with Gasteiger partial charge in [-0.3, -0.25) is 9.48 Å². The van der Waals surface area contributed by atoms with Crippen molar-refractivity contribution in [2.75, 3.05) is 33.7 Å². The Hall–Kier alpha value is -0.880. The molecule has 2 heterocycles. The van der Waals surface area contributed by atoms with Crippen molar-refractivity contribution < 1.29 is 4.79 Å². The van der Waals surface area contributed by atoms with Gasteiger partial charge in [0.2, 0.25) is 5.91 Å². The van der Waals surface area contributed by atoms with E-state index in [1.807, 2.05) is 41.0 Å². The van der Waals surface area contributed by atoms with Crippen LogP contribution in [0.5, 0.6) is 0 Å². The SMILES string of the molecule is CN(C)CC(=O)N1CCC(n2cc(Br)cn2)CC1. The summed E-state index contributed by atoms with van der Waals surface area (Å²) in [7, 11) is 3.85. The van der Waals surface area contributed by atoms with Crippen molar-refractivity contribution in [2.45, 2.75) is 18.9 Å². The number of halogens is 1. The zero-order chi connectivity index (χ0) is 13.1. The monoisotopic (exact) mass is 314 g/mol. The second-order valence-electron chi connectivity index (χ2n) is 4.99. The van der Waals surface area contributed by atoms with Crippen LogP contribution >= 0.6 is 15.9 Å². The van der Waals surface area contributed by atoms with E-state index >= 15 is 0 Å². The van der Waals surface area contributed by atoms with E-state index < -0.39 is 0 Å². The Kier molecular flexibility index (Phi) is 4.40. The molecule has 1 aromatic rings. The Bertz CT molecular complexity index is 410. The highest BCUT2D eigenvalue weighted by molar-refractivity contribution is 9.10. The summed E-state index contributed by atoms with van der Waals surface area (Å²) in [5, 5.41) is 4.32. The van der Waals surface area contributed by atoms with Crippen LogP contribution in [0.25, 0.3) is 0 Å². The molecule has 0 aliphatic carbocycles. The molecule has 1 fully saturated rings. The van der Waals surface area contributed by atoms with Crippen molar-refractivity contribution in [2.24, 2.45) is 0 Å². The van der Waals surface area contributed by atoms with Crippen LogP contribution < -0.4 is 0 Å². The summed E-state index contributed by atoms with van der Waals surface area (Å²) < 4.78 is 3.01. The van der Waals surface area contributed by atoms with Crippen LogP contribution in [0.3, 0.4) is 0 Å². The normalized spacial score (nSPS) is 17.4. The average molecular weight is 315 g/mol. The second-order valence-corrected chi connectivity index (χ2v) is 5.90. The highest BCUT2D eigenvalue weighted by Crippen LogP contribution is 2.23. The number of rotatable bonds is 3. The fraction of sp³-hybridized carbons (Fsp3) is 0.667. The van der Waals surface area contributed by atoms with Gasteiger partial charge in [-0.05, 0) is 42.9 Å². The van der Waals surface area contributed by atoms with Gasteiger partial charge in [0.25, 0.3) is 0 Å². The van der Waals surface area contributed by atoms with Gasteiger partial charge in [0.15, 0.2) is 0 Å². The number of nitrogens with zero attached hydrogens (tertiary/aromatic N) is 4. The molecule has 0 spiro atoms. The van der Waals surface area contributed by atoms with E-state index in [0.717, 1.165) is 30.4 Å². The van der Waals surface area contributed by atoms with E-state index in [1.165, 1.54) is 0 Å². The lowest BCUT2D eigenvalue weighted by atomic mass is 10.1. The minimum absolute atomic E-state index is 0.222. The maximum atomic E-state index is 11.9. The summed E-state index contributed by atoms with van der Waals surface area (Å²) in [5.74, 6) is 0.222. The van der Waals surface area contributed by atoms with E-state index in [-0.39, 0.29) is 5.91 Å². The number of likely N-dealkylation sites (tertiary alicyclic amines) is 1. The number of piperidine rings is 1. The number of hydrogen-bond acceptors (Lipinski definition) is 3. The molecule has 18 heavy (non-hydrogen) atoms. The largest absolute Gasteiger partial charge is 0.341 e. The van der Waals surface area contributed by atoms with Crippen molar-refractivity contribution >= 4 is 21.8 Å². The number of amides is 1. The number of likely N-dealkylation sites (N-methyl/N-ethyl adjacent to an activating group) is 1. The van der Waals surface area contributed by atoms with Crippen molar-refractivity contribution in [3.63, 3.8) is 0 Å². The number of carbonyl (C=O) groups excluding carboxylic acids is 1. The molecule has 1 saturated heterocycles. The van der Waals surface area contributed by atoms with E-state index in [1.54, 1.807) is 0 Å². The lowest BCUT2D eigenvalue weighted by Gasteiger charge is -2.32. The van der Waals surface area contributed by atoms with Gasteiger partial charge in [-0.25, -0.2) is 0 Å². The van der Waals surface area contributed by atoms with Crippen LogP contribution in [0.4, 0.5) is 0 Å². The molecule has 0 N–H and O–H groups in total. The van der Waals surface area contributed by atoms with Crippen LogP contribution in [0.2, 0.25) is 0 Å². The zero-order valence-corrected chi connectivity index (χ0v) is 12.4. The molecule has 6 heteroatoms. The summed E-state index contributed by atoms with van der Waals surface area (Å²) in [6.07, 6.45) is 5.77. The molecule has 100 valence electrons. The minimum atomic E-state index is 0.222. The van der Waals surface area contributed by atoms with Gasteiger partial charge < -0.3 is 9.80 Å². The zero-order valence-electron chi connectivity index (χ0n) is 10.8. The molecular formula is C12H19BrN4O. The molecule has 1 aliphatic heterocycles. The van der Waals surface area contributed by atoms with Crippen LogP contribution in [0.15, 0.2) is 16.9 Å². The summed E-state index contributed by atoms with van der Waals surface area (Å²) in [5.41, 5.74) is 0. The van der Waals surface area contributed by atoms with E-state index in [9.17, 15) is 4.79 Å². The topological polar surface area (TPSA) is 41.4 Å². The lowest BCUT2D eigenvalue weighted by Crippen LogP contribution is -2.43. The first kappa shape index (κ1) is 13.5. The highest BCUT2D eigenvalue weighted by Gasteiger charge is 2.24. The predicted octanol–water partition coefficient (Wildman–Crippen LogP) is 1.37. The predicted molar refractivity (Wildman–Crippen MR) is 73.3 cm³/mol. The van der Waals surface area contributed by atoms with Gasteiger partial charge in [0, 0.05) is 19.3 Å². The third kappa shape index (κ3) is 3.32. The van der Waals surface area contributed by atoms with Crippen molar-refractivity contribution in [1.82, 2.24) is 19.6 Å². The van der Waals surface area contributed by atoms with E-state index in [4.69, 9.17) is 0 Å². The lowest BCUT2D eigenvalue weighted by molar-refractivity contribution is -0.133. The Morgan fingerprint density at radius 3 is 2.67 bits per heavy atom. The van der Waals surface area contributed by atoms with Gasteiger partial charge in [0.05, 0.1) is 23.3 Å². The molecule has 2 rings (SSSR count). The smallest absolute Gasteiger partial charge is 0.236 e. The fourth-order valence-electron chi connectivity index (χ4n) is 2.26. The van der Waals surface area contributed by atoms with Crippen molar-refractivity contribution in [1.29, 1.82) is 0 Å². The Morgan fingerprint density at radius 2 is 2.17 bits per heavy atom. The molecule has 0 aromatic carbocycles. The third-order valence-corrected chi connectivity index (χ3v) is 3.62. The Morgan fingerprint density at radius 1 is 1.50 bits per heavy atom. The van der Waals surface area contributed by atoms with Gasteiger partial charge in [-0.2, -0.15) is 5.10 Å². The maximum absolute atomic E-state index is 11.9. The Labute approximate surface area is 116 Å². The fourth-order valence-corrected chi connectivity index (χ4v) is 2.57. The molecule has 0 atom stereocenters. The number of aromatic nitrogens is 2. The first-order valence-electron chi connectivity index (χ1n) is 6.18. The minimum Gasteiger partial charge on any atom is -0.341 e. The van der Waals surface area contributed by atoms with Crippen molar-refractivity contribution in [3.05, 3.63) is 16.9 Å². The first-order chi connectivity index (χ1) is 8.56. The molecule has 1 aliphatic rings. The first-order valence-corrected chi connectivity index (χ1v) is 6.97. The average Bonchev–Trinajstić information content (AvgIpc) is 2.75. The number of hydrogen-bond donors (Lipinski definition) is 0. The van der Waals surface area contributed by atoms with Crippen LogP contribution in [0.1, 0.15) is 18.9 Å². The summed E-state index contributed by atoms with van der Waals surface area (Å²) >= 11 is 3.41. The molecule has 0 radical (unpaired) electrons. The highest BCUT2D eigenvalue weighted by atomic mass is 79.9. The van der Waals surface area contributed by atoms with Crippen LogP contribution in [-0.2, 0) is 4.79 Å². The van der Waals surface area contributed by atoms with Gasteiger partial charge in [0.1, 0.15) is 0 Å². The molecule has 0 unspecified atom stereocenters. The summed E-state index contributed by atoms with van der Waals surface area (Å²) in [4.78, 5) is 15.8. The molecule has 1 aromatic heterocycles. The molecule has 0 bridgehead atoms. The Balaban J connectivity index is 1.86. The van der Waals surface area contributed by atoms with E-state index in [2.05, 4.69) is 21.0 Å². The molecule has 1 amide bonds. The molecular weight excluding hydrogens is 296 g/mol. The molecule has 5 nitrogen and oxygen atoms in total. The van der Waals surface area contributed by atoms with Crippen molar-refractivity contribution in [3.8, 4) is 0 Å². The quantitative estimate of drug-likeness (QED) is 0.846. The summed E-state index contributed by atoms with van der Waals surface area (Å²) in [6.45, 7) is 2.15. The van der Waals surface area contributed by atoms with Gasteiger partial charge >= 0.3 is 0 Å². The molecule has 0 saturated carbocycles. The third-order valence-electron chi connectivity index (χ3n) is 3.21. The maximum Gasteiger partial charge on any atom is 0.236 e. The van der Waals surface area contributed by atoms with Gasteiger partial charge in [-0.15, -0.1) is 0 Å². The van der Waals surface area contributed by atoms with E-state index in [0.29, 0.717) is 12.6 Å². The second kappa shape index (κ2) is 5.84. The van der Waals surface area contributed by atoms with Gasteiger partial charge in [-0.1, -0.05) is 0 Å². The van der Waals surface area contributed by atoms with Crippen LogP contribution in [0, 0.1) is 0 Å². The number of carbonyl (C=O) groups is 1. The summed E-state index contributed by atoms with van der Waals surface area (Å²) in [6, 6.07) is 0.416. The van der Waals surface area contributed by atoms with Crippen LogP contribution in [-0.4, -0.2) is 59.2 Å².